The van der Waals surface area contributed by atoms with Gasteiger partial charge in [-0.25, -0.2) is 9.50 Å². The van der Waals surface area contributed by atoms with Gasteiger partial charge in [-0.15, -0.1) is 21.5 Å². The number of carbonyl (C=O) groups excluding carboxylic acids is 1. The van der Waals surface area contributed by atoms with Crippen molar-refractivity contribution in [3.05, 3.63) is 69.6 Å². The van der Waals surface area contributed by atoms with Crippen molar-refractivity contribution in [2.24, 2.45) is 0 Å². The third kappa shape index (κ3) is 3.87. The highest BCUT2D eigenvalue weighted by Crippen LogP contribution is 2.38. The van der Waals surface area contributed by atoms with Gasteiger partial charge < -0.3 is 9.42 Å². The van der Waals surface area contributed by atoms with Gasteiger partial charge in [-0.2, -0.15) is 5.10 Å². The molecular formula is C26H25N7O2S. The molecule has 9 nitrogen and oxygen atoms in total. The molecule has 1 aliphatic heterocycles. The summed E-state index contributed by atoms with van der Waals surface area (Å²) in [4.78, 5) is 20.1. The number of thiazole rings is 1. The van der Waals surface area contributed by atoms with E-state index in [-0.39, 0.29) is 5.91 Å². The van der Waals surface area contributed by atoms with Crippen molar-refractivity contribution < 1.29 is 9.32 Å². The van der Waals surface area contributed by atoms with Gasteiger partial charge in [-0.1, -0.05) is 35.5 Å². The molecule has 1 saturated heterocycles. The molecular weight excluding hydrogens is 474 g/mol. The van der Waals surface area contributed by atoms with Crippen molar-refractivity contribution in [1.82, 2.24) is 34.9 Å². The van der Waals surface area contributed by atoms with Gasteiger partial charge >= 0.3 is 0 Å². The molecule has 1 fully saturated rings. The van der Waals surface area contributed by atoms with Gasteiger partial charge in [0.25, 0.3) is 5.91 Å². The van der Waals surface area contributed by atoms with Crippen LogP contribution in [0.4, 0.5) is 0 Å². The summed E-state index contributed by atoms with van der Waals surface area (Å²) in [5, 5.41) is 20.3. The van der Waals surface area contributed by atoms with Crippen LogP contribution in [0, 0.1) is 20.8 Å². The molecule has 0 aliphatic carbocycles. The number of fused-ring (bicyclic) bond motifs is 1. The molecule has 6 rings (SSSR count). The number of amides is 1. The highest BCUT2D eigenvalue weighted by atomic mass is 32.1. The van der Waals surface area contributed by atoms with E-state index in [2.05, 4.69) is 25.8 Å². The second-order valence-electron chi connectivity index (χ2n) is 9.16. The summed E-state index contributed by atoms with van der Waals surface area (Å²) in [7, 11) is 0. The molecule has 1 aromatic carbocycles. The van der Waals surface area contributed by atoms with Gasteiger partial charge in [0, 0.05) is 36.0 Å². The topological polar surface area (TPSA) is 102 Å². The fourth-order valence-electron chi connectivity index (χ4n) is 4.81. The Morgan fingerprint density at radius 2 is 1.86 bits per heavy atom. The Labute approximate surface area is 211 Å². The lowest BCUT2D eigenvalue weighted by molar-refractivity contribution is 0.0704. The number of aryl methyl sites for hydroxylation is 3. The van der Waals surface area contributed by atoms with E-state index in [1.54, 1.807) is 15.9 Å². The van der Waals surface area contributed by atoms with Crippen LogP contribution in [0.2, 0.25) is 0 Å². The minimum absolute atomic E-state index is 0.0964. The van der Waals surface area contributed by atoms with Gasteiger partial charge in [-0.05, 0) is 33.6 Å². The Bertz CT molecular complexity index is 1560. The van der Waals surface area contributed by atoms with Crippen molar-refractivity contribution in [2.45, 2.75) is 39.5 Å². The summed E-state index contributed by atoms with van der Waals surface area (Å²) in [6.45, 7) is 6.98. The minimum Gasteiger partial charge on any atom is -0.360 e. The van der Waals surface area contributed by atoms with Crippen LogP contribution < -0.4 is 0 Å². The van der Waals surface area contributed by atoms with Gasteiger partial charge in [0.15, 0.2) is 11.3 Å². The standard InChI is InChI=1S/C26H25N7O2S/c1-15-13-21-28-29-23(16(2)33(21)30-15)26(34)32-11-9-19(10-12-32)25-27-20(14-36-25)22-17(3)35-31-24(22)18-7-5-4-6-8-18/h4-8,13-14,19H,9-12H2,1-3H3. The van der Waals surface area contributed by atoms with Crippen molar-refractivity contribution in [1.29, 1.82) is 0 Å². The summed E-state index contributed by atoms with van der Waals surface area (Å²) in [6.07, 6.45) is 1.70. The van der Waals surface area contributed by atoms with Crippen LogP contribution in [0.1, 0.15) is 51.4 Å². The van der Waals surface area contributed by atoms with E-state index in [4.69, 9.17) is 9.51 Å². The van der Waals surface area contributed by atoms with Crippen molar-refractivity contribution in [2.75, 3.05) is 13.1 Å². The third-order valence-electron chi connectivity index (χ3n) is 6.75. The molecule has 0 saturated carbocycles. The molecule has 4 aromatic heterocycles. The second kappa shape index (κ2) is 8.94. The van der Waals surface area contributed by atoms with Crippen LogP contribution in [0.5, 0.6) is 0 Å². The molecule has 10 heteroatoms. The lowest BCUT2D eigenvalue weighted by Gasteiger charge is -2.31. The third-order valence-corrected chi connectivity index (χ3v) is 7.75. The number of hydrogen-bond donors (Lipinski definition) is 0. The maximum Gasteiger partial charge on any atom is 0.276 e. The van der Waals surface area contributed by atoms with Crippen LogP contribution >= 0.6 is 11.3 Å². The van der Waals surface area contributed by atoms with E-state index in [9.17, 15) is 4.79 Å². The largest absolute Gasteiger partial charge is 0.360 e. The first-order chi connectivity index (χ1) is 17.5. The van der Waals surface area contributed by atoms with Crippen molar-refractivity contribution in [3.8, 4) is 22.5 Å². The molecule has 0 radical (unpaired) electrons. The molecule has 5 aromatic rings. The van der Waals surface area contributed by atoms with Crippen LogP contribution in [0.25, 0.3) is 28.2 Å². The van der Waals surface area contributed by atoms with Gasteiger partial charge in [0.2, 0.25) is 0 Å². The van der Waals surface area contributed by atoms with Gasteiger partial charge in [-0.3, -0.25) is 4.79 Å². The predicted octanol–water partition coefficient (Wildman–Crippen LogP) is 4.85. The number of carbonyl (C=O) groups is 1. The maximum absolute atomic E-state index is 13.2. The SMILES string of the molecule is Cc1cc2nnc(C(=O)N3CCC(c4nc(-c5c(-c6ccccc6)noc5C)cs4)CC3)c(C)n2n1. The smallest absolute Gasteiger partial charge is 0.276 e. The van der Waals surface area contributed by atoms with Crippen LogP contribution in [-0.4, -0.2) is 53.8 Å². The lowest BCUT2D eigenvalue weighted by Crippen LogP contribution is -2.39. The van der Waals surface area contributed by atoms with E-state index >= 15 is 0 Å². The normalized spacial score (nSPS) is 14.6. The molecule has 0 bridgehead atoms. The summed E-state index contributed by atoms with van der Waals surface area (Å²) < 4.78 is 7.22. The fourth-order valence-corrected chi connectivity index (χ4v) is 5.79. The number of aromatic nitrogens is 6. The molecule has 0 unspecified atom stereocenters. The summed E-state index contributed by atoms with van der Waals surface area (Å²) >= 11 is 1.66. The Balaban J connectivity index is 1.18. The van der Waals surface area contributed by atoms with Crippen molar-refractivity contribution in [3.63, 3.8) is 0 Å². The zero-order chi connectivity index (χ0) is 24.8. The first kappa shape index (κ1) is 22.5. The Hall–Kier alpha value is -3.92. The average Bonchev–Trinajstić information content (AvgIpc) is 3.62. The van der Waals surface area contributed by atoms with Crippen molar-refractivity contribution >= 4 is 22.9 Å². The number of piperidine rings is 1. The summed E-state index contributed by atoms with van der Waals surface area (Å²) in [6, 6.07) is 11.9. The monoisotopic (exact) mass is 499 g/mol. The zero-order valence-corrected chi connectivity index (χ0v) is 21.1. The van der Waals surface area contributed by atoms with Crippen LogP contribution in [-0.2, 0) is 0 Å². The number of rotatable bonds is 4. The number of likely N-dealkylation sites (tertiary alicyclic amines) is 1. The number of hydrogen-bond acceptors (Lipinski definition) is 8. The van der Waals surface area contributed by atoms with Gasteiger partial charge in [0.1, 0.15) is 11.5 Å². The molecule has 1 aliphatic rings. The first-order valence-electron chi connectivity index (χ1n) is 12.0. The van der Waals surface area contributed by atoms with Crippen LogP contribution in [0.3, 0.4) is 0 Å². The first-order valence-corrected chi connectivity index (χ1v) is 12.8. The summed E-state index contributed by atoms with van der Waals surface area (Å²) in [5.41, 5.74) is 6.21. The highest BCUT2D eigenvalue weighted by molar-refractivity contribution is 7.10. The molecule has 0 spiro atoms. The van der Waals surface area contributed by atoms with E-state index in [1.807, 2.05) is 62.1 Å². The van der Waals surface area contributed by atoms with E-state index in [1.165, 1.54) is 0 Å². The lowest BCUT2D eigenvalue weighted by atomic mass is 9.97. The maximum atomic E-state index is 13.2. The number of nitrogens with zero attached hydrogens (tertiary/aromatic N) is 7. The molecule has 0 N–H and O–H groups in total. The van der Waals surface area contributed by atoms with Gasteiger partial charge in [0.05, 0.1) is 27.7 Å². The molecule has 1 amide bonds. The second-order valence-corrected chi connectivity index (χ2v) is 10.0. The molecule has 182 valence electrons. The average molecular weight is 500 g/mol. The number of benzene rings is 1. The Morgan fingerprint density at radius 3 is 2.64 bits per heavy atom. The fraction of sp³-hybridized carbons (Fsp3) is 0.308. The Morgan fingerprint density at radius 1 is 1.08 bits per heavy atom. The minimum atomic E-state index is -0.0964. The highest BCUT2D eigenvalue weighted by Gasteiger charge is 2.29. The quantitative estimate of drug-likeness (QED) is 0.348. The Kier molecular flexibility index (Phi) is 5.60. The molecule has 0 atom stereocenters. The zero-order valence-electron chi connectivity index (χ0n) is 20.3. The van der Waals surface area contributed by atoms with E-state index in [0.717, 1.165) is 51.8 Å². The van der Waals surface area contributed by atoms with Crippen LogP contribution in [0.15, 0.2) is 46.3 Å². The predicted molar refractivity (Wildman–Crippen MR) is 136 cm³/mol. The van der Waals surface area contributed by atoms with E-state index < -0.39 is 0 Å². The summed E-state index contributed by atoms with van der Waals surface area (Å²) in [5.74, 6) is 0.962. The molecule has 5 heterocycles. The van der Waals surface area contributed by atoms with E-state index in [0.29, 0.717) is 36.0 Å². The molecule has 36 heavy (non-hydrogen) atoms.